The summed E-state index contributed by atoms with van der Waals surface area (Å²) in [6.07, 6.45) is 2.69. The molecule has 126 valence electrons. The molecule has 1 heterocycles. The van der Waals surface area contributed by atoms with Gasteiger partial charge in [-0.25, -0.2) is 0 Å². The van der Waals surface area contributed by atoms with Crippen LogP contribution in [0.2, 0.25) is 5.02 Å². The van der Waals surface area contributed by atoms with Crippen LogP contribution in [0.15, 0.2) is 18.2 Å². The van der Waals surface area contributed by atoms with Crippen LogP contribution in [-0.2, 0) is 4.79 Å². The number of carbonyl (C=O) groups is 1. The van der Waals surface area contributed by atoms with Crippen LogP contribution in [0.5, 0.6) is 0 Å². The highest BCUT2D eigenvalue weighted by Gasteiger charge is 2.32. The minimum atomic E-state index is -0.477. The summed E-state index contributed by atoms with van der Waals surface area (Å²) in [7, 11) is 0. The number of hydrogen-bond acceptors (Lipinski definition) is 4. The number of anilines is 1. The van der Waals surface area contributed by atoms with Gasteiger partial charge in [-0.05, 0) is 46.1 Å². The van der Waals surface area contributed by atoms with Gasteiger partial charge >= 0.3 is 0 Å². The number of hydrogen-bond donors (Lipinski definition) is 1. The first kappa shape index (κ1) is 17.5. The largest absolute Gasteiger partial charge is 0.358 e. The van der Waals surface area contributed by atoms with Crippen LogP contribution in [0.3, 0.4) is 0 Å². The third-order valence-electron chi connectivity index (χ3n) is 3.76. The first-order chi connectivity index (χ1) is 10.7. The van der Waals surface area contributed by atoms with Crippen molar-refractivity contribution in [3.63, 3.8) is 0 Å². The molecular weight excluding hydrogens is 318 g/mol. The Balaban J connectivity index is 2.28. The summed E-state index contributed by atoms with van der Waals surface area (Å²) in [4.78, 5) is 24.9. The molecule has 1 saturated heterocycles. The van der Waals surface area contributed by atoms with Gasteiger partial charge in [-0.15, -0.1) is 0 Å². The number of nitro groups is 1. The van der Waals surface area contributed by atoms with Crippen LogP contribution in [0.1, 0.15) is 40.0 Å². The molecule has 6 nitrogen and oxygen atoms in total. The maximum absolute atomic E-state index is 12.6. The lowest BCUT2D eigenvalue weighted by Crippen LogP contribution is -2.54. The van der Waals surface area contributed by atoms with Gasteiger partial charge in [-0.1, -0.05) is 11.6 Å². The highest BCUT2D eigenvalue weighted by molar-refractivity contribution is 6.33. The fourth-order valence-corrected chi connectivity index (χ4v) is 3.07. The van der Waals surface area contributed by atoms with Gasteiger partial charge in [0.15, 0.2) is 0 Å². The molecule has 1 N–H and O–H groups in total. The molecule has 1 aliphatic rings. The number of rotatable bonds is 3. The number of amides is 1. The SMILES string of the molecule is CC(C)(C)NC(=O)C1CCCCN1c1ccc([N+](=O)[O-])cc1Cl. The van der Waals surface area contributed by atoms with Gasteiger partial charge < -0.3 is 10.2 Å². The van der Waals surface area contributed by atoms with E-state index in [1.54, 1.807) is 6.07 Å². The second-order valence-corrected chi connectivity index (χ2v) is 7.24. The van der Waals surface area contributed by atoms with Gasteiger partial charge in [0.1, 0.15) is 6.04 Å². The fourth-order valence-electron chi connectivity index (χ4n) is 2.79. The number of benzene rings is 1. The van der Waals surface area contributed by atoms with E-state index >= 15 is 0 Å². The van der Waals surface area contributed by atoms with Crippen molar-refractivity contribution in [3.05, 3.63) is 33.3 Å². The first-order valence-electron chi connectivity index (χ1n) is 7.71. The lowest BCUT2D eigenvalue weighted by Gasteiger charge is -2.38. The van der Waals surface area contributed by atoms with Crippen molar-refractivity contribution < 1.29 is 9.72 Å². The average Bonchev–Trinajstić information content (AvgIpc) is 2.45. The highest BCUT2D eigenvalue weighted by atomic mass is 35.5. The molecule has 7 heteroatoms. The van der Waals surface area contributed by atoms with Crippen LogP contribution in [0.4, 0.5) is 11.4 Å². The molecule has 1 amide bonds. The predicted molar refractivity (Wildman–Crippen MR) is 91.0 cm³/mol. The molecule has 1 unspecified atom stereocenters. The lowest BCUT2D eigenvalue weighted by molar-refractivity contribution is -0.384. The van der Waals surface area contributed by atoms with Crippen LogP contribution in [-0.4, -0.2) is 29.0 Å². The maximum Gasteiger partial charge on any atom is 0.271 e. The Kier molecular flexibility index (Phi) is 5.14. The zero-order chi connectivity index (χ0) is 17.2. The quantitative estimate of drug-likeness (QED) is 0.675. The van der Waals surface area contributed by atoms with E-state index in [2.05, 4.69) is 5.32 Å². The molecule has 1 fully saturated rings. The minimum absolute atomic E-state index is 0.0355. The number of halogens is 1. The molecule has 0 saturated carbocycles. The molecule has 0 aromatic heterocycles. The number of nitrogens with one attached hydrogen (secondary N) is 1. The van der Waals surface area contributed by atoms with E-state index in [1.165, 1.54) is 12.1 Å². The molecule has 1 aromatic carbocycles. The molecular formula is C16H22ClN3O3. The van der Waals surface area contributed by atoms with Crippen LogP contribution < -0.4 is 10.2 Å². The summed E-state index contributed by atoms with van der Waals surface area (Å²) in [5.41, 5.74) is 0.317. The summed E-state index contributed by atoms with van der Waals surface area (Å²) in [6, 6.07) is 4.09. The van der Waals surface area contributed by atoms with Gasteiger partial charge in [-0.3, -0.25) is 14.9 Å². The molecule has 23 heavy (non-hydrogen) atoms. The summed E-state index contributed by atoms with van der Waals surface area (Å²) < 4.78 is 0. The molecule has 0 bridgehead atoms. The van der Waals surface area contributed by atoms with Crippen LogP contribution in [0, 0.1) is 10.1 Å². The monoisotopic (exact) mass is 339 g/mol. The van der Waals surface area contributed by atoms with E-state index in [0.29, 0.717) is 17.3 Å². The second-order valence-electron chi connectivity index (χ2n) is 6.84. The summed E-state index contributed by atoms with van der Waals surface area (Å²) in [6.45, 7) is 6.53. The van der Waals surface area contributed by atoms with Gasteiger partial charge in [-0.2, -0.15) is 0 Å². The Morgan fingerprint density at radius 1 is 1.39 bits per heavy atom. The standard InChI is InChI=1S/C16H22ClN3O3/c1-16(2,3)18-15(21)14-6-4-5-9-19(14)13-8-7-11(20(22)23)10-12(13)17/h7-8,10,14H,4-6,9H2,1-3H3,(H,18,21). The zero-order valence-corrected chi connectivity index (χ0v) is 14.4. The summed E-state index contributed by atoms with van der Waals surface area (Å²) in [5.74, 6) is -0.0355. The summed E-state index contributed by atoms with van der Waals surface area (Å²) in [5, 5.41) is 14.1. The van der Waals surface area contributed by atoms with Crippen molar-refractivity contribution in [2.24, 2.45) is 0 Å². The Bertz CT molecular complexity index is 613. The van der Waals surface area contributed by atoms with Gasteiger partial charge in [0, 0.05) is 24.2 Å². The van der Waals surface area contributed by atoms with Gasteiger partial charge in [0.25, 0.3) is 5.69 Å². The van der Waals surface area contributed by atoms with Crippen LogP contribution >= 0.6 is 11.6 Å². The van der Waals surface area contributed by atoms with Crippen molar-refractivity contribution in [1.82, 2.24) is 5.32 Å². The number of nitro benzene ring substituents is 1. The first-order valence-corrected chi connectivity index (χ1v) is 8.09. The molecule has 0 radical (unpaired) electrons. The fraction of sp³-hybridized carbons (Fsp3) is 0.562. The zero-order valence-electron chi connectivity index (χ0n) is 13.6. The minimum Gasteiger partial charge on any atom is -0.358 e. The van der Waals surface area contributed by atoms with E-state index in [-0.39, 0.29) is 23.2 Å². The average molecular weight is 340 g/mol. The molecule has 0 aliphatic carbocycles. The molecule has 1 aliphatic heterocycles. The maximum atomic E-state index is 12.6. The van der Waals surface area contributed by atoms with E-state index in [1.807, 2.05) is 25.7 Å². The Morgan fingerprint density at radius 3 is 2.65 bits per heavy atom. The number of piperidine rings is 1. The third-order valence-corrected chi connectivity index (χ3v) is 4.06. The van der Waals surface area contributed by atoms with Crippen molar-refractivity contribution in [2.75, 3.05) is 11.4 Å². The molecule has 1 atom stereocenters. The van der Waals surface area contributed by atoms with Gasteiger partial charge in [0.2, 0.25) is 5.91 Å². The second kappa shape index (κ2) is 6.74. The Morgan fingerprint density at radius 2 is 2.09 bits per heavy atom. The number of nitrogens with zero attached hydrogens (tertiary/aromatic N) is 2. The van der Waals surface area contributed by atoms with Crippen molar-refractivity contribution in [2.45, 2.75) is 51.6 Å². The van der Waals surface area contributed by atoms with E-state index in [0.717, 1.165) is 19.3 Å². The topological polar surface area (TPSA) is 75.5 Å². The van der Waals surface area contributed by atoms with E-state index in [4.69, 9.17) is 11.6 Å². The number of non-ortho nitro benzene ring substituents is 1. The van der Waals surface area contributed by atoms with Crippen molar-refractivity contribution in [3.8, 4) is 0 Å². The Hall–Kier alpha value is -1.82. The number of carbonyl (C=O) groups excluding carboxylic acids is 1. The molecule has 2 rings (SSSR count). The highest BCUT2D eigenvalue weighted by Crippen LogP contribution is 2.34. The lowest BCUT2D eigenvalue weighted by atomic mass is 9.98. The Labute approximate surface area is 141 Å². The van der Waals surface area contributed by atoms with Crippen molar-refractivity contribution >= 4 is 28.9 Å². The van der Waals surface area contributed by atoms with Crippen molar-refractivity contribution in [1.29, 1.82) is 0 Å². The smallest absolute Gasteiger partial charge is 0.271 e. The normalized spacial score (nSPS) is 18.6. The van der Waals surface area contributed by atoms with E-state index < -0.39 is 4.92 Å². The summed E-state index contributed by atoms with van der Waals surface area (Å²) >= 11 is 6.23. The van der Waals surface area contributed by atoms with Gasteiger partial charge in [0.05, 0.1) is 15.6 Å². The van der Waals surface area contributed by atoms with E-state index in [9.17, 15) is 14.9 Å². The third kappa shape index (κ3) is 4.34. The molecule has 1 aromatic rings. The molecule has 0 spiro atoms. The van der Waals surface area contributed by atoms with Crippen LogP contribution in [0.25, 0.3) is 0 Å². The predicted octanol–water partition coefficient (Wildman–Crippen LogP) is 3.52.